The molecule has 0 atom stereocenters. The van der Waals surface area contributed by atoms with Gasteiger partial charge in [0, 0.05) is 22.9 Å². The summed E-state index contributed by atoms with van der Waals surface area (Å²) in [5.41, 5.74) is 7.75. The molecule has 1 aliphatic carbocycles. The zero-order valence-electron chi connectivity index (χ0n) is 11.6. The Labute approximate surface area is 149 Å². The highest BCUT2D eigenvalue weighted by Crippen LogP contribution is 2.17. The largest absolute Gasteiger partial charge is 0.370 e. The zero-order valence-corrected chi connectivity index (χ0v) is 15.5. The fraction of sp³-hybridized carbons (Fsp3) is 0.429. The molecule has 1 aliphatic rings. The number of fused-ring (bicyclic) bond motifs is 1. The van der Waals surface area contributed by atoms with E-state index in [4.69, 9.17) is 5.73 Å². The second-order valence-corrected chi connectivity index (χ2v) is 6.09. The standard InChI is InChI=1S/C14H18BrN5.HI/c15-10-5-6-13-18-12(9-20(13)8-10)7-17-14(16)19-11-3-1-2-4-11;/h5-6,8-9,11H,1-4,7H2,(H3,16,17,19);1H. The van der Waals surface area contributed by atoms with E-state index in [9.17, 15) is 0 Å². The molecule has 0 bridgehead atoms. The van der Waals surface area contributed by atoms with E-state index in [1.807, 2.05) is 28.9 Å². The van der Waals surface area contributed by atoms with E-state index >= 15 is 0 Å². The van der Waals surface area contributed by atoms with E-state index in [0.29, 0.717) is 18.5 Å². The van der Waals surface area contributed by atoms with Gasteiger partial charge in [0.05, 0.1) is 12.2 Å². The maximum absolute atomic E-state index is 5.92. The van der Waals surface area contributed by atoms with Gasteiger partial charge in [0.25, 0.3) is 0 Å². The first kappa shape index (κ1) is 16.5. The zero-order chi connectivity index (χ0) is 13.9. The van der Waals surface area contributed by atoms with Gasteiger partial charge in [0.1, 0.15) is 5.65 Å². The Morgan fingerprint density at radius 3 is 2.90 bits per heavy atom. The molecule has 114 valence electrons. The predicted octanol–water partition coefficient (Wildman–Crippen LogP) is 3.06. The van der Waals surface area contributed by atoms with Gasteiger partial charge in [-0.3, -0.25) is 0 Å². The molecule has 2 aromatic heterocycles. The minimum absolute atomic E-state index is 0. The van der Waals surface area contributed by atoms with Gasteiger partial charge < -0.3 is 15.5 Å². The summed E-state index contributed by atoms with van der Waals surface area (Å²) in [6.45, 7) is 0.505. The summed E-state index contributed by atoms with van der Waals surface area (Å²) in [4.78, 5) is 8.88. The molecule has 0 unspecified atom stereocenters. The lowest BCUT2D eigenvalue weighted by Gasteiger charge is -2.11. The summed E-state index contributed by atoms with van der Waals surface area (Å²) >= 11 is 3.45. The highest BCUT2D eigenvalue weighted by Gasteiger charge is 2.14. The van der Waals surface area contributed by atoms with Crippen LogP contribution in [0.25, 0.3) is 5.65 Å². The lowest BCUT2D eigenvalue weighted by Crippen LogP contribution is -2.38. The van der Waals surface area contributed by atoms with E-state index in [1.54, 1.807) is 0 Å². The highest BCUT2D eigenvalue weighted by atomic mass is 127. The minimum Gasteiger partial charge on any atom is -0.370 e. The van der Waals surface area contributed by atoms with Crippen LogP contribution in [0.3, 0.4) is 0 Å². The number of aromatic nitrogens is 2. The molecule has 1 saturated carbocycles. The quantitative estimate of drug-likeness (QED) is 0.417. The number of nitrogens with zero attached hydrogens (tertiary/aromatic N) is 3. The second-order valence-electron chi connectivity index (χ2n) is 5.17. The molecule has 2 aromatic rings. The van der Waals surface area contributed by atoms with Crippen molar-refractivity contribution in [2.75, 3.05) is 0 Å². The third-order valence-electron chi connectivity index (χ3n) is 3.58. The number of rotatable bonds is 3. The molecule has 0 radical (unpaired) electrons. The maximum atomic E-state index is 5.92. The SMILES string of the molecule is I.NC(=NCc1cn2cc(Br)ccc2n1)NC1CCCC1. The van der Waals surface area contributed by atoms with Crippen molar-refractivity contribution < 1.29 is 0 Å². The molecule has 0 amide bonds. The summed E-state index contributed by atoms with van der Waals surface area (Å²) in [6.07, 6.45) is 8.91. The normalized spacial score (nSPS) is 16.1. The second kappa shape index (κ2) is 7.44. The number of nitrogens with two attached hydrogens (primary N) is 1. The molecular weight excluding hydrogens is 445 g/mol. The molecular formula is C14H19BrIN5. The monoisotopic (exact) mass is 463 g/mol. The fourth-order valence-electron chi connectivity index (χ4n) is 2.58. The van der Waals surface area contributed by atoms with Crippen LogP contribution in [0.2, 0.25) is 0 Å². The van der Waals surface area contributed by atoms with Gasteiger partial charge in [-0.25, -0.2) is 9.98 Å². The summed E-state index contributed by atoms with van der Waals surface area (Å²) in [5, 5.41) is 3.28. The number of imidazole rings is 1. The van der Waals surface area contributed by atoms with Crippen LogP contribution in [0.4, 0.5) is 0 Å². The molecule has 0 saturated heterocycles. The van der Waals surface area contributed by atoms with Crippen LogP contribution in [0.1, 0.15) is 31.4 Å². The Hall–Kier alpha value is -0.830. The van der Waals surface area contributed by atoms with Crippen LogP contribution in [-0.2, 0) is 6.54 Å². The molecule has 1 fully saturated rings. The molecule has 2 heterocycles. The van der Waals surface area contributed by atoms with E-state index in [2.05, 4.69) is 31.2 Å². The summed E-state index contributed by atoms with van der Waals surface area (Å²) in [7, 11) is 0. The fourth-order valence-corrected chi connectivity index (χ4v) is 2.94. The summed E-state index contributed by atoms with van der Waals surface area (Å²) < 4.78 is 3.01. The maximum Gasteiger partial charge on any atom is 0.189 e. The number of halogens is 2. The van der Waals surface area contributed by atoms with E-state index < -0.39 is 0 Å². The Morgan fingerprint density at radius 2 is 2.14 bits per heavy atom. The topological polar surface area (TPSA) is 67.7 Å². The van der Waals surface area contributed by atoms with E-state index in [0.717, 1.165) is 15.8 Å². The van der Waals surface area contributed by atoms with Crippen molar-refractivity contribution in [2.45, 2.75) is 38.3 Å². The first-order chi connectivity index (χ1) is 9.70. The predicted molar refractivity (Wildman–Crippen MR) is 99.0 cm³/mol. The smallest absolute Gasteiger partial charge is 0.189 e. The number of hydrogen-bond donors (Lipinski definition) is 2. The van der Waals surface area contributed by atoms with Crippen LogP contribution in [0, 0.1) is 0 Å². The number of guanidine groups is 1. The van der Waals surface area contributed by atoms with Gasteiger partial charge in [0.15, 0.2) is 5.96 Å². The third-order valence-corrected chi connectivity index (χ3v) is 4.05. The van der Waals surface area contributed by atoms with Gasteiger partial charge in [-0.15, -0.1) is 24.0 Å². The van der Waals surface area contributed by atoms with Crippen LogP contribution in [0.5, 0.6) is 0 Å². The average Bonchev–Trinajstić information content (AvgIpc) is 3.04. The van der Waals surface area contributed by atoms with Crippen molar-refractivity contribution in [3.05, 3.63) is 34.7 Å². The molecule has 7 heteroatoms. The highest BCUT2D eigenvalue weighted by molar-refractivity contribution is 14.0. The van der Waals surface area contributed by atoms with Crippen LogP contribution in [0.15, 0.2) is 34.0 Å². The van der Waals surface area contributed by atoms with Crippen molar-refractivity contribution >= 4 is 51.5 Å². The molecule has 3 N–H and O–H groups in total. The van der Waals surface area contributed by atoms with Crippen molar-refractivity contribution in [1.29, 1.82) is 0 Å². The van der Waals surface area contributed by atoms with E-state index in [1.165, 1.54) is 25.7 Å². The molecule has 0 aliphatic heterocycles. The Morgan fingerprint density at radius 1 is 1.38 bits per heavy atom. The summed E-state index contributed by atoms with van der Waals surface area (Å²) in [6, 6.07) is 4.44. The van der Waals surface area contributed by atoms with Gasteiger partial charge in [-0.1, -0.05) is 12.8 Å². The van der Waals surface area contributed by atoms with Crippen molar-refractivity contribution in [3.63, 3.8) is 0 Å². The van der Waals surface area contributed by atoms with Crippen LogP contribution in [-0.4, -0.2) is 21.4 Å². The lowest BCUT2D eigenvalue weighted by molar-refractivity contribution is 0.625. The Bertz CT molecular complexity index is 633. The molecule has 5 nitrogen and oxygen atoms in total. The third kappa shape index (κ3) is 4.32. The Kier molecular flexibility index (Phi) is 5.86. The van der Waals surface area contributed by atoms with Gasteiger partial charge >= 0.3 is 0 Å². The van der Waals surface area contributed by atoms with E-state index in [-0.39, 0.29) is 24.0 Å². The van der Waals surface area contributed by atoms with Crippen molar-refractivity contribution in [3.8, 4) is 0 Å². The molecule has 0 aromatic carbocycles. The number of aliphatic imine (C=N–C) groups is 1. The lowest BCUT2D eigenvalue weighted by atomic mass is 10.2. The minimum atomic E-state index is 0. The first-order valence-electron chi connectivity index (χ1n) is 6.90. The number of pyridine rings is 1. The van der Waals surface area contributed by atoms with Gasteiger partial charge in [-0.05, 0) is 40.9 Å². The number of nitrogens with one attached hydrogen (secondary N) is 1. The molecule has 21 heavy (non-hydrogen) atoms. The van der Waals surface area contributed by atoms with Gasteiger partial charge in [-0.2, -0.15) is 0 Å². The molecule has 3 rings (SSSR count). The summed E-state index contributed by atoms with van der Waals surface area (Å²) in [5.74, 6) is 0.523. The average molecular weight is 464 g/mol. The molecule has 0 spiro atoms. The van der Waals surface area contributed by atoms with Crippen molar-refractivity contribution in [2.24, 2.45) is 10.7 Å². The van der Waals surface area contributed by atoms with Gasteiger partial charge in [0.2, 0.25) is 0 Å². The number of hydrogen-bond acceptors (Lipinski definition) is 2. The Balaban J connectivity index is 0.00000161. The van der Waals surface area contributed by atoms with Crippen molar-refractivity contribution in [1.82, 2.24) is 14.7 Å². The first-order valence-corrected chi connectivity index (χ1v) is 7.69. The van der Waals surface area contributed by atoms with Crippen LogP contribution >= 0.6 is 39.9 Å². The van der Waals surface area contributed by atoms with Crippen LogP contribution < -0.4 is 11.1 Å².